The summed E-state index contributed by atoms with van der Waals surface area (Å²) in [5.41, 5.74) is 6.12. The van der Waals surface area contributed by atoms with Crippen molar-refractivity contribution in [3.63, 3.8) is 0 Å². The monoisotopic (exact) mass is 437 g/mol. The van der Waals surface area contributed by atoms with Crippen LogP contribution in [0.15, 0.2) is 78.9 Å². The molecule has 0 aliphatic carbocycles. The molecule has 33 heavy (non-hydrogen) atoms. The van der Waals surface area contributed by atoms with Crippen molar-refractivity contribution in [2.75, 3.05) is 13.1 Å². The molecule has 166 valence electrons. The van der Waals surface area contributed by atoms with Crippen molar-refractivity contribution in [3.05, 3.63) is 107 Å². The first-order valence-electron chi connectivity index (χ1n) is 11.4. The van der Waals surface area contributed by atoms with Crippen molar-refractivity contribution in [2.45, 2.75) is 25.8 Å². The molecular weight excluding hydrogens is 410 g/mol. The van der Waals surface area contributed by atoms with Crippen LogP contribution in [-0.4, -0.2) is 34.8 Å². The predicted molar refractivity (Wildman–Crippen MR) is 130 cm³/mol. The van der Waals surface area contributed by atoms with E-state index in [1.54, 1.807) is 0 Å². The Kier molecular flexibility index (Phi) is 5.69. The molecule has 0 saturated carbocycles. The molecule has 2 amide bonds. The van der Waals surface area contributed by atoms with Gasteiger partial charge in [0.25, 0.3) is 5.91 Å². The Morgan fingerprint density at radius 3 is 2.55 bits per heavy atom. The normalized spacial score (nSPS) is 15.1. The van der Waals surface area contributed by atoms with Gasteiger partial charge in [-0.25, -0.2) is 0 Å². The standard InChI is InChI=1S/C28H27N3O2/c1-19-26(23-13-7-8-14-24(23)30-19)27-21-11-5-6-12-22(21)28(33)31(27)18-16-25(32)29-17-15-20-9-3-2-4-10-20/h2-14,27,30H,15-18H2,1H3,(H,29,32). The fourth-order valence-corrected chi connectivity index (χ4v) is 4.86. The van der Waals surface area contributed by atoms with Crippen LogP contribution in [0.5, 0.6) is 0 Å². The van der Waals surface area contributed by atoms with E-state index in [2.05, 4.69) is 41.5 Å². The Morgan fingerprint density at radius 1 is 0.970 bits per heavy atom. The summed E-state index contributed by atoms with van der Waals surface area (Å²) in [7, 11) is 0. The topological polar surface area (TPSA) is 65.2 Å². The molecule has 5 heteroatoms. The Labute approximate surface area is 193 Å². The van der Waals surface area contributed by atoms with E-state index < -0.39 is 0 Å². The van der Waals surface area contributed by atoms with Crippen molar-refractivity contribution in [3.8, 4) is 0 Å². The molecule has 1 aliphatic rings. The summed E-state index contributed by atoms with van der Waals surface area (Å²) in [4.78, 5) is 31.2. The minimum absolute atomic E-state index is 0.0163. The second kappa shape index (κ2) is 8.94. The van der Waals surface area contributed by atoms with Gasteiger partial charge in [-0.15, -0.1) is 0 Å². The molecule has 4 aromatic rings. The number of amides is 2. The number of aromatic amines is 1. The molecule has 0 radical (unpaired) electrons. The Morgan fingerprint density at radius 2 is 1.70 bits per heavy atom. The van der Waals surface area contributed by atoms with E-state index in [1.165, 1.54) is 5.56 Å². The third-order valence-electron chi connectivity index (χ3n) is 6.43. The number of H-pyrrole nitrogens is 1. The fourth-order valence-electron chi connectivity index (χ4n) is 4.86. The minimum atomic E-state index is -0.207. The fraction of sp³-hybridized carbons (Fsp3) is 0.214. The number of nitrogens with one attached hydrogen (secondary N) is 2. The highest BCUT2D eigenvalue weighted by Gasteiger charge is 2.39. The first-order valence-corrected chi connectivity index (χ1v) is 11.4. The van der Waals surface area contributed by atoms with Gasteiger partial charge in [-0.2, -0.15) is 0 Å². The van der Waals surface area contributed by atoms with Crippen molar-refractivity contribution in [2.24, 2.45) is 0 Å². The van der Waals surface area contributed by atoms with Crippen LogP contribution in [0.1, 0.15) is 45.2 Å². The quantitative estimate of drug-likeness (QED) is 0.437. The zero-order valence-electron chi connectivity index (χ0n) is 18.7. The van der Waals surface area contributed by atoms with Crippen molar-refractivity contribution >= 4 is 22.7 Å². The average molecular weight is 438 g/mol. The lowest BCUT2D eigenvalue weighted by molar-refractivity contribution is -0.121. The highest BCUT2D eigenvalue weighted by Crippen LogP contribution is 2.42. The maximum Gasteiger partial charge on any atom is 0.255 e. The van der Waals surface area contributed by atoms with E-state index in [9.17, 15) is 9.59 Å². The molecule has 2 N–H and O–H groups in total. The van der Waals surface area contributed by atoms with Crippen LogP contribution in [0.2, 0.25) is 0 Å². The summed E-state index contributed by atoms with van der Waals surface area (Å²) >= 11 is 0. The number of para-hydroxylation sites is 1. The number of aryl methyl sites for hydroxylation is 1. The predicted octanol–water partition coefficient (Wildman–Crippen LogP) is 4.77. The molecule has 3 aromatic carbocycles. The van der Waals surface area contributed by atoms with Crippen LogP contribution >= 0.6 is 0 Å². The summed E-state index contributed by atoms with van der Waals surface area (Å²) in [6, 6.07) is 25.8. The number of fused-ring (bicyclic) bond motifs is 2. The summed E-state index contributed by atoms with van der Waals surface area (Å²) in [5, 5.41) is 4.11. The van der Waals surface area contributed by atoms with E-state index in [-0.39, 0.29) is 24.3 Å². The van der Waals surface area contributed by atoms with E-state index in [0.29, 0.717) is 13.1 Å². The van der Waals surface area contributed by atoms with Crippen LogP contribution in [0.3, 0.4) is 0 Å². The van der Waals surface area contributed by atoms with Gasteiger partial charge < -0.3 is 15.2 Å². The summed E-state index contributed by atoms with van der Waals surface area (Å²) < 4.78 is 0. The third kappa shape index (κ3) is 4.02. The number of carbonyl (C=O) groups is 2. The van der Waals surface area contributed by atoms with E-state index in [0.717, 1.165) is 39.7 Å². The maximum absolute atomic E-state index is 13.3. The highest BCUT2D eigenvalue weighted by atomic mass is 16.2. The molecule has 2 heterocycles. The van der Waals surface area contributed by atoms with E-state index >= 15 is 0 Å². The van der Waals surface area contributed by atoms with Gasteiger partial charge >= 0.3 is 0 Å². The van der Waals surface area contributed by atoms with Gasteiger partial charge in [-0.1, -0.05) is 66.7 Å². The molecule has 0 fully saturated rings. The van der Waals surface area contributed by atoms with E-state index in [1.807, 2.05) is 59.5 Å². The average Bonchev–Trinajstić information content (AvgIpc) is 3.31. The molecule has 1 atom stereocenters. The van der Waals surface area contributed by atoms with E-state index in [4.69, 9.17) is 0 Å². The third-order valence-corrected chi connectivity index (χ3v) is 6.43. The second-order valence-electron chi connectivity index (χ2n) is 8.53. The molecule has 0 bridgehead atoms. The molecule has 1 aromatic heterocycles. The number of aromatic nitrogens is 1. The van der Waals surface area contributed by atoms with Crippen LogP contribution in [-0.2, 0) is 11.2 Å². The molecular formula is C28H27N3O2. The molecule has 5 nitrogen and oxygen atoms in total. The molecule has 5 rings (SSSR count). The summed E-state index contributed by atoms with van der Waals surface area (Å²) in [6.45, 7) is 3.01. The lowest BCUT2D eigenvalue weighted by Gasteiger charge is -2.26. The number of nitrogens with zero attached hydrogens (tertiary/aromatic N) is 1. The minimum Gasteiger partial charge on any atom is -0.358 e. The molecule has 1 unspecified atom stereocenters. The first kappa shape index (κ1) is 21.0. The summed E-state index contributed by atoms with van der Waals surface area (Å²) in [6.07, 6.45) is 1.06. The van der Waals surface area contributed by atoms with Gasteiger partial charge in [-0.05, 0) is 36.6 Å². The number of hydrogen-bond donors (Lipinski definition) is 2. The zero-order valence-corrected chi connectivity index (χ0v) is 18.7. The number of benzene rings is 3. The Hall–Kier alpha value is -3.86. The molecule has 0 saturated heterocycles. The van der Waals surface area contributed by atoms with Crippen molar-refractivity contribution in [1.82, 2.24) is 15.2 Å². The van der Waals surface area contributed by atoms with Gasteiger partial charge in [-0.3, -0.25) is 9.59 Å². The van der Waals surface area contributed by atoms with Crippen molar-refractivity contribution < 1.29 is 9.59 Å². The lowest BCUT2D eigenvalue weighted by Crippen LogP contribution is -2.34. The van der Waals surface area contributed by atoms with Gasteiger partial charge in [0.2, 0.25) is 5.91 Å². The second-order valence-corrected chi connectivity index (χ2v) is 8.53. The van der Waals surface area contributed by atoms with Crippen LogP contribution in [0, 0.1) is 6.92 Å². The Balaban J connectivity index is 1.35. The zero-order chi connectivity index (χ0) is 22.8. The van der Waals surface area contributed by atoms with Gasteiger partial charge in [0.05, 0.1) is 6.04 Å². The first-order chi connectivity index (χ1) is 16.1. The van der Waals surface area contributed by atoms with Crippen molar-refractivity contribution in [1.29, 1.82) is 0 Å². The van der Waals surface area contributed by atoms with Gasteiger partial charge in [0, 0.05) is 47.2 Å². The maximum atomic E-state index is 13.3. The largest absolute Gasteiger partial charge is 0.358 e. The van der Waals surface area contributed by atoms with Crippen LogP contribution < -0.4 is 5.32 Å². The van der Waals surface area contributed by atoms with Crippen LogP contribution in [0.4, 0.5) is 0 Å². The smallest absolute Gasteiger partial charge is 0.255 e. The SMILES string of the molecule is Cc1[nH]c2ccccc2c1C1c2ccccc2C(=O)N1CCC(=O)NCCc1ccccc1. The molecule has 0 spiro atoms. The van der Waals surface area contributed by atoms with Crippen LogP contribution in [0.25, 0.3) is 10.9 Å². The number of hydrogen-bond acceptors (Lipinski definition) is 2. The highest BCUT2D eigenvalue weighted by molar-refractivity contribution is 6.01. The Bertz CT molecular complexity index is 1310. The lowest BCUT2D eigenvalue weighted by atomic mass is 9.95. The summed E-state index contributed by atoms with van der Waals surface area (Å²) in [5.74, 6) is -0.0542. The van der Waals surface area contributed by atoms with Gasteiger partial charge in [0.1, 0.15) is 0 Å². The number of carbonyl (C=O) groups excluding carboxylic acids is 2. The molecule has 1 aliphatic heterocycles. The number of rotatable bonds is 7. The van der Waals surface area contributed by atoms with Gasteiger partial charge in [0.15, 0.2) is 0 Å².